The monoisotopic (exact) mass is 317 g/mol. The normalized spacial score (nSPS) is 17.5. The van der Waals surface area contributed by atoms with Crippen LogP contribution in [0.3, 0.4) is 0 Å². The Morgan fingerprint density at radius 3 is 2.00 bits per heavy atom. The van der Waals surface area contributed by atoms with Crippen LogP contribution in [0.25, 0.3) is 0 Å². The van der Waals surface area contributed by atoms with Crippen LogP contribution in [0.2, 0.25) is 0 Å². The molecule has 1 aliphatic heterocycles. The van der Waals surface area contributed by atoms with Gasteiger partial charge in [0.15, 0.2) is 0 Å². The van der Waals surface area contributed by atoms with Crippen molar-refractivity contribution in [2.45, 2.75) is 23.8 Å². The molecule has 5 heteroatoms. The van der Waals surface area contributed by atoms with Crippen LogP contribution in [-0.4, -0.2) is 30.9 Å². The van der Waals surface area contributed by atoms with Crippen LogP contribution in [0.15, 0.2) is 59.5 Å². The summed E-state index contributed by atoms with van der Waals surface area (Å²) in [5, 5.41) is 10.3. The Balaban J connectivity index is 1.84. The van der Waals surface area contributed by atoms with Crippen LogP contribution in [0.4, 0.5) is 0 Å². The largest absolute Gasteiger partial charge is 0.384 e. The Morgan fingerprint density at radius 2 is 1.41 bits per heavy atom. The lowest BCUT2D eigenvalue weighted by Crippen LogP contribution is -2.27. The maximum atomic E-state index is 12.4. The number of sulfonamides is 1. The first-order valence-corrected chi connectivity index (χ1v) is 8.86. The highest BCUT2D eigenvalue weighted by molar-refractivity contribution is 7.89. The van der Waals surface area contributed by atoms with Crippen molar-refractivity contribution in [3.8, 4) is 0 Å². The van der Waals surface area contributed by atoms with Gasteiger partial charge in [-0.05, 0) is 36.1 Å². The molecule has 4 nitrogen and oxygen atoms in total. The standard InChI is InChI=1S/C17H19NO3S/c19-17(14-6-2-1-3-7-14)15-8-10-16(11-9-15)22(20,21)18-12-4-5-13-18/h1-3,6-11,17,19H,4-5,12-13H2. The van der Waals surface area contributed by atoms with E-state index in [1.54, 1.807) is 24.3 Å². The average molecular weight is 317 g/mol. The molecule has 2 aromatic carbocycles. The smallest absolute Gasteiger partial charge is 0.243 e. The van der Waals surface area contributed by atoms with E-state index < -0.39 is 16.1 Å². The molecule has 0 saturated carbocycles. The molecule has 0 aromatic heterocycles. The zero-order valence-electron chi connectivity index (χ0n) is 12.2. The van der Waals surface area contributed by atoms with E-state index in [0.717, 1.165) is 18.4 Å². The molecule has 1 heterocycles. The Labute approximate surface area is 131 Å². The molecular formula is C17H19NO3S. The highest BCUT2D eigenvalue weighted by Gasteiger charge is 2.27. The molecule has 1 unspecified atom stereocenters. The first-order chi connectivity index (χ1) is 10.6. The summed E-state index contributed by atoms with van der Waals surface area (Å²) in [6.45, 7) is 1.19. The van der Waals surface area contributed by atoms with Crippen LogP contribution in [-0.2, 0) is 10.0 Å². The van der Waals surface area contributed by atoms with Crippen LogP contribution >= 0.6 is 0 Å². The van der Waals surface area contributed by atoms with Crippen molar-refractivity contribution in [2.24, 2.45) is 0 Å². The number of aliphatic hydroxyl groups excluding tert-OH is 1. The zero-order valence-corrected chi connectivity index (χ0v) is 13.0. The number of rotatable bonds is 4. The lowest BCUT2D eigenvalue weighted by molar-refractivity contribution is 0.220. The molecule has 1 aliphatic rings. The highest BCUT2D eigenvalue weighted by atomic mass is 32.2. The number of benzene rings is 2. The Kier molecular flexibility index (Phi) is 4.29. The van der Waals surface area contributed by atoms with E-state index in [2.05, 4.69) is 0 Å². The van der Waals surface area contributed by atoms with Gasteiger partial charge in [0, 0.05) is 13.1 Å². The van der Waals surface area contributed by atoms with Gasteiger partial charge in [0.1, 0.15) is 6.10 Å². The SMILES string of the molecule is O=S(=O)(c1ccc(C(O)c2ccccc2)cc1)N1CCCC1. The van der Waals surface area contributed by atoms with Crippen molar-refractivity contribution in [3.63, 3.8) is 0 Å². The summed E-state index contributed by atoms with van der Waals surface area (Å²) in [6, 6.07) is 15.8. The molecule has 1 atom stereocenters. The van der Waals surface area contributed by atoms with E-state index in [1.807, 2.05) is 30.3 Å². The van der Waals surface area contributed by atoms with Gasteiger partial charge in [-0.15, -0.1) is 0 Å². The minimum atomic E-state index is -3.39. The summed E-state index contributed by atoms with van der Waals surface area (Å²) in [7, 11) is -3.39. The summed E-state index contributed by atoms with van der Waals surface area (Å²) in [4.78, 5) is 0.290. The van der Waals surface area contributed by atoms with E-state index in [9.17, 15) is 13.5 Å². The molecular weight excluding hydrogens is 298 g/mol. The second kappa shape index (κ2) is 6.20. The van der Waals surface area contributed by atoms with Crippen LogP contribution in [0.5, 0.6) is 0 Å². The molecule has 1 fully saturated rings. The number of nitrogens with zero attached hydrogens (tertiary/aromatic N) is 1. The van der Waals surface area contributed by atoms with Gasteiger partial charge in [0.2, 0.25) is 10.0 Å². The van der Waals surface area contributed by atoms with Gasteiger partial charge in [-0.2, -0.15) is 4.31 Å². The van der Waals surface area contributed by atoms with Gasteiger partial charge in [-0.25, -0.2) is 8.42 Å². The quantitative estimate of drug-likeness (QED) is 0.943. The van der Waals surface area contributed by atoms with Crippen molar-refractivity contribution in [3.05, 3.63) is 65.7 Å². The molecule has 116 valence electrons. The maximum Gasteiger partial charge on any atom is 0.243 e. The zero-order chi connectivity index (χ0) is 15.6. The summed E-state index contributed by atoms with van der Waals surface area (Å²) in [5.41, 5.74) is 1.48. The third-order valence-corrected chi connectivity index (χ3v) is 5.93. The molecule has 1 saturated heterocycles. The number of hydrogen-bond donors (Lipinski definition) is 1. The molecule has 2 aromatic rings. The fraction of sp³-hybridized carbons (Fsp3) is 0.294. The van der Waals surface area contributed by atoms with Crippen LogP contribution in [0.1, 0.15) is 30.1 Å². The molecule has 0 amide bonds. The summed E-state index contributed by atoms with van der Waals surface area (Å²) in [5.74, 6) is 0. The summed E-state index contributed by atoms with van der Waals surface area (Å²) >= 11 is 0. The molecule has 0 radical (unpaired) electrons. The minimum Gasteiger partial charge on any atom is -0.384 e. The molecule has 0 spiro atoms. The Hall–Kier alpha value is -1.69. The van der Waals surface area contributed by atoms with Crippen molar-refractivity contribution in [2.75, 3.05) is 13.1 Å². The van der Waals surface area contributed by atoms with Gasteiger partial charge in [0.05, 0.1) is 4.90 Å². The van der Waals surface area contributed by atoms with E-state index in [4.69, 9.17) is 0 Å². The van der Waals surface area contributed by atoms with E-state index >= 15 is 0 Å². The van der Waals surface area contributed by atoms with Gasteiger partial charge < -0.3 is 5.11 Å². The predicted molar refractivity (Wildman–Crippen MR) is 84.9 cm³/mol. The third-order valence-electron chi connectivity index (χ3n) is 4.01. The molecule has 1 N–H and O–H groups in total. The van der Waals surface area contributed by atoms with E-state index in [0.29, 0.717) is 23.5 Å². The molecule has 0 bridgehead atoms. The lowest BCUT2D eigenvalue weighted by atomic mass is 10.0. The Bertz CT molecular complexity index is 720. The number of aliphatic hydroxyl groups is 1. The van der Waals surface area contributed by atoms with E-state index in [-0.39, 0.29) is 0 Å². The van der Waals surface area contributed by atoms with Gasteiger partial charge in [-0.3, -0.25) is 0 Å². The summed E-state index contributed by atoms with van der Waals surface area (Å²) < 4.78 is 26.4. The molecule has 3 rings (SSSR count). The van der Waals surface area contributed by atoms with Crippen LogP contribution < -0.4 is 0 Å². The predicted octanol–water partition coefficient (Wildman–Crippen LogP) is 2.55. The number of hydrogen-bond acceptors (Lipinski definition) is 3. The fourth-order valence-electron chi connectivity index (χ4n) is 2.73. The van der Waals surface area contributed by atoms with Crippen molar-refractivity contribution >= 4 is 10.0 Å². The molecule has 0 aliphatic carbocycles. The minimum absolute atomic E-state index is 0.290. The van der Waals surface area contributed by atoms with Gasteiger partial charge >= 0.3 is 0 Å². The second-order valence-electron chi connectivity index (χ2n) is 5.49. The first kappa shape index (κ1) is 15.2. The Morgan fingerprint density at radius 1 is 0.864 bits per heavy atom. The van der Waals surface area contributed by atoms with Crippen LogP contribution in [0, 0.1) is 0 Å². The lowest BCUT2D eigenvalue weighted by Gasteiger charge is -2.16. The fourth-order valence-corrected chi connectivity index (χ4v) is 4.24. The molecule has 22 heavy (non-hydrogen) atoms. The van der Waals surface area contributed by atoms with Gasteiger partial charge in [-0.1, -0.05) is 42.5 Å². The van der Waals surface area contributed by atoms with Gasteiger partial charge in [0.25, 0.3) is 0 Å². The van der Waals surface area contributed by atoms with Crippen molar-refractivity contribution < 1.29 is 13.5 Å². The summed E-state index contributed by atoms with van der Waals surface area (Å²) in [6.07, 6.45) is 1.10. The highest BCUT2D eigenvalue weighted by Crippen LogP contribution is 2.25. The first-order valence-electron chi connectivity index (χ1n) is 7.42. The topological polar surface area (TPSA) is 57.6 Å². The maximum absolute atomic E-state index is 12.4. The van der Waals surface area contributed by atoms with Crippen molar-refractivity contribution in [1.29, 1.82) is 0 Å². The average Bonchev–Trinajstić information content (AvgIpc) is 3.10. The van der Waals surface area contributed by atoms with Crippen molar-refractivity contribution in [1.82, 2.24) is 4.31 Å². The third kappa shape index (κ3) is 2.92. The second-order valence-corrected chi connectivity index (χ2v) is 7.43. The van der Waals surface area contributed by atoms with E-state index in [1.165, 1.54) is 4.31 Å².